The van der Waals surface area contributed by atoms with Gasteiger partial charge in [-0.2, -0.15) is 0 Å². The summed E-state index contributed by atoms with van der Waals surface area (Å²) in [5.41, 5.74) is 10.9. The van der Waals surface area contributed by atoms with E-state index in [2.05, 4.69) is 34.1 Å². The first-order chi connectivity index (χ1) is 20.5. The largest absolute Gasteiger partial charge is 0.664 e. The van der Waals surface area contributed by atoms with Gasteiger partial charge in [-0.1, -0.05) is 42.5 Å². The van der Waals surface area contributed by atoms with Gasteiger partial charge in [0.05, 0.1) is 11.9 Å². The van der Waals surface area contributed by atoms with Gasteiger partial charge >= 0.3 is 7.11 Å². The lowest BCUT2D eigenvalue weighted by Gasteiger charge is -2.37. The van der Waals surface area contributed by atoms with Gasteiger partial charge in [-0.25, -0.2) is 0 Å². The average Bonchev–Trinajstić information content (AvgIpc) is 2.97. The number of aryl methyl sites for hydroxylation is 4. The van der Waals surface area contributed by atoms with Crippen molar-refractivity contribution in [2.45, 2.75) is 57.5 Å². The number of benzene rings is 2. The molecule has 1 atom stereocenters. The Kier molecular flexibility index (Phi) is 7.53. The monoisotopic (exact) mass is 567 g/mol. The molecule has 0 amide bonds. The van der Waals surface area contributed by atoms with Gasteiger partial charge in [-0.3, -0.25) is 0 Å². The highest BCUT2D eigenvalue weighted by Gasteiger charge is 2.36. The molecule has 1 unspecified atom stereocenters. The first-order valence-electron chi connectivity index (χ1n) is 15.6. The van der Waals surface area contributed by atoms with Crippen LogP contribution in [0.25, 0.3) is 12.2 Å². The summed E-state index contributed by atoms with van der Waals surface area (Å²) in [4.78, 5) is 5.06. The summed E-state index contributed by atoms with van der Waals surface area (Å²) < 4.78 is 38.3. The van der Waals surface area contributed by atoms with Crippen LogP contribution >= 0.6 is 0 Å². The molecule has 5 aliphatic heterocycles. The molecule has 0 fully saturated rings. The molecule has 0 aromatic heterocycles. The molecule has 218 valence electrons. The Bertz CT molecular complexity index is 1450. The summed E-state index contributed by atoms with van der Waals surface area (Å²) in [6.45, 7) is 4.63. The molecule has 0 saturated heterocycles. The van der Waals surface area contributed by atoms with Crippen molar-refractivity contribution in [3.05, 3.63) is 106 Å². The maximum atomic E-state index is 14.3. The smallest absolute Gasteiger partial charge is 0.639 e. The Morgan fingerprint density at radius 2 is 1.10 bits per heavy atom. The number of nitrogens with zero attached hydrogens (tertiary/aromatic N) is 2. The van der Waals surface area contributed by atoms with Crippen LogP contribution in [0.4, 0.5) is 20.0 Å². The topological polar surface area (TPSA) is 24.9 Å². The van der Waals surface area contributed by atoms with Crippen molar-refractivity contribution in [3.8, 4) is 0 Å². The zero-order chi connectivity index (χ0) is 28.5. The Morgan fingerprint density at radius 3 is 1.60 bits per heavy atom. The second-order valence-electron chi connectivity index (χ2n) is 12.0. The molecule has 0 spiro atoms. The number of hydrogen-bond donors (Lipinski definition) is 0. The summed E-state index contributed by atoms with van der Waals surface area (Å²) in [5, 5.41) is 0. The Balaban J connectivity index is 1.02. The molecule has 5 aliphatic rings. The fourth-order valence-corrected chi connectivity index (χ4v) is 7.32. The lowest BCUT2D eigenvalue weighted by molar-refractivity contribution is 0.0887. The second kappa shape index (κ2) is 11.6. The van der Waals surface area contributed by atoms with Crippen molar-refractivity contribution in [2.24, 2.45) is 0 Å². The minimum atomic E-state index is -4.39. The second-order valence-corrected chi connectivity index (χ2v) is 12.0. The number of anilines is 2. The van der Waals surface area contributed by atoms with Crippen LogP contribution in [0.15, 0.2) is 72.6 Å². The summed E-state index contributed by atoms with van der Waals surface area (Å²) in [5.74, 6) is 0.115. The highest BCUT2D eigenvalue weighted by atomic mass is 19.3. The number of halogens is 2. The molecule has 0 saturated carbocycles. The lowest BCUT2D eigenvalue weighted by Crippen LogP contribution is -2.38. The molecule has 2 aromatic rings. The number of hydrogen-bond acceptors (Lipinski definition) is 4. The van der Waals surface area contributed by atoms with Crippen molar-refractivity contribution in [3.63, 3.8) is 0 Å². The molecule has 7 rings (SSSR count). The van der Waals surface area contributed by atoms with Gasteiger partial charge in [0.2, 0.25) is 0 Å². The van der Waals surface area contributed by atoms with E-state index in [0.29, 0.717) is 0 Å². The minimum Gasteiger partial charge on any atom is -0.639 e. The standard InChI is InChI=1S/C35H38BF2N2O2/c37-36(38)41-32(15-3-1-9-26-21-28-11-5-17-39-18-6-12-29(22-26)34(28)39)25-33(42-36)16-4-2-10-27-23-30-13-7-19-40-20-8-14-31(24-27)35(30)40/h1-4,9-10,15-16,21-25,32H,5-8,11-14,17-20H2/q-1/b9-1+,10-2+,15-3+,16-4+. The molecular weight excluding hydrogens is 529 g/mol. The molecular formula is C35H38BF2N2O2-. The van der Waals surface area contributed by atoms with Crippen LogP contribution in [-0.2, 0) is 35.0 Å². The molecule has 0 N–H and O–H groups in total. The summed E-state index contributed by atoms with van der Waals surface area (Å²) >= 11 is 0. The Morgan fingerprint density at radius 1 is 0.643 bits per heavy atom. The SMILES string of the molecule is F[B-]1(F)OC(/C=C/C=C/c2cc3c4c(c2)CCCN4CCC3)=CC(/C=C/C=C/c2cc3c4c(c2)CCCN4CCC3)O1. The Labute approximate surface area is 247 Å². The van der Waals surface area contributed by atoms with E-state index < -0.39 is 13.2 Å². The van der Waals surface area contributed by atoms with E-state index in [-0.39, 0.29) is 5.76 Å². The van der Waals surface area contributed by atoms with E-state index >= 15 is 0 Å². The van der Waals surface area contributed by atoms with Crippen LogP contribution in [-0.4, -0.2) is 39.4 Å². The fourth-order valence-electron chi connectivity index (χ4n) is 7.32. The van der Waals surface area contributed by atoms with Crippen LogP contribution in [0.3, 0.4) is 0 Å². The van der Waals surface area contributed by atoms with Crippen molar-refractivity contribution in [2.75, 3.05) is 36.0 Å². The van der Waals surface area contributed by atoms with Crippen LogP contribution < -0.4 is 9.80 Å². The van der Waals surface area contributed by atoms with E-state index in [1.807, 2.05) is 24.3 Å². The molecule has 5 heterocycles. The zero-order valence-electron chi connectivity index (χ0n) is 24.1. The van der Waals surface area contributed by atoms with Crippen molar-refractivity contribution in [1.82, 2.24) is 0 Å². The van der Waals surface area contributed by atoms with Gasteiger partial charge in [0.25, 0.3) is 0 Å². The highest BCUT2D eigenvalue weighted by molar-refractivity contribution is 6.52. The van der Waals surface area contributed by atoms with Crippen LogP contribution in [0.2, 0.25) is 0 Å². The van der Waals surface area contributed by atoms with Crippen molar-refractivity contribution in [1.29, 1.82) is 0 Å². The highest BCUT2D eigenvalue weighted by Crippen LogP contribution is 2.37. The molecule has 42 heavy (non-hydrogen) atoms. The third-order valence-corrected chi connectivity index (χ3v) is 8.99. The van der Waals surface area contributed by atoms with Crippen molar-refractivity contribution >= 4 is 30.6 Å². The van der Waals surface area contributed by atoms with Crippen LogP contribution in [0.1, 0.15) is 59.1 Å². The van der Waals surface area contributed by atoms with Gasteiger partial charge in [-0.05, 0) is 121 Å². The fraction of sp³-hybridized carbons (Fsp3) is 0.371. The molecule has 2 aromatic carbocycles. The molecule has 7 heteroatoms. The van der Waals surface area contributed by atoms with Gasteiger partial charge in [-0.15, -0.1) is 0 Å². The van der Waals surface area contributed by atoms with E-state index in [1.54, 1.807) is 30.4 Å². The summed E-state index contributed by atoms with van der Waals surface area (Å²) in [6, 6.07) is 9.08. The van der Waals surface area contributed by atoms with E-state index in [9.17, 15) is 8.63 Å². The first-order valence-corrected chi connectivity index (χ1v) is 15.6. The molecule has 0 aliphatic carbocycles. The van der Waals surface area contributed by atoms with Gasteiger partial charge in [0.15, 0.2) is 0 Å². The predicted octanol–water partition coefficient (Wildman–Crippen LogP) is 7.60. The molecule has 0 bridgehead atoms. The van der Waals surface area contributed by atoms with Crippen LogP contribution in [0.5, 0.6) is 0 Å². The lowest BCUT2D eigenvalue weighted by atomic mass is 9.90. The van der Waals surface area contributed by atoms with Gasteiger partial charge < -0.3 is 27.7 Å². The van der Waals surface area contributed by atoms with Crippen molar-refractivity contribution < 1.29 is 17.9 Å². The quantitative estimate of drug-likeness (QED) is 0.265. The Hall–Kier alpha value is -3.58. The minimum absolute atomic E-state index is 0.115. The maximum Gasteiger partial charge on any atom is 0.664 e. The predicted molar refractivity (Wildman–Crippen MR) is 169 cm³/mol. The van der Waals surface area contributed by atoms with E-state index in [1.165, 1.54) is 59.3 Å². The third kappa shape index (κ3) is 5.85. The van der Waals surface area contributed by atoms with E-state index in [0.717, 1.165) is 63.0 Å². The van der Waals surface area contributed by atoms with Gasteiger partial charge in [0, 0.05) is 37.6 Å². The molecule has 0 radical (unpaired) electrons. The zero-order valence-corrected chi connectivity index (χ0v) is 24.1. The number of rotatable bonds is 6. The summed E-state index contributed by atoms with van der Waals surface area (Å²) in [6.07, 6.45) is 24.6. The maximum absolute atomic E-state index is 14.3. The van der Waals surface area contributed by atoms with Crippen LogP contribution in [0, 0.1) is 0 Å². The van der Waals surface area contributed by atoms with E-state index in [4.69, 9.17) is 9.31 Å². The van der Waals surface area contributed by atoms with Gasteiger partial charge in [0.1, 0.15) is 0 Å². The first kappa shape index (κ1) is 27.3. The molecule has 4 nitrogen and oxygen atoms in total. The number of allylic oxidation sites excluding steroid dienone is 5. The normalized spacial score (nSPS) is 23.0. The third-order valence-electron chi connectivity index (χ3n) is 8.99. The summed E-state index contributed by atoms with van der Waals surface area (Å²) in [7, 11) is -4.39. The average molecular weight is 568 g/mol.